The first-order valence-electron chi connectivity index (χ1n) is 9.62. The number of rotatable bonds is 7. The van der Waals surface area contributed by atoms with Gasteiger partial charge in [0.1, 0.15) is 0 Å². The van der Waals surface area contributed by atoms with E-state index in [1.54, 1.807) is 19.1 Å². The first kappa shape index (κ1) is 24.5. The molecular weight excluding hydrogens is 485 g/mol. The normalized spacial score (nSPS) is 15.7. The predicted molar refractivity (Wildman–Crippen MR) is 128 cm³/mol. The standard InChI is InChI=1S/C23H17Cl2N3O4S/c1-12-21(13(2)29)22(15-4-3-5-16(8-15)28(31)32)17(10-26)23(27-12)33-11-20(30)14-6-7-18(24)19(25)9-14/h3-9,22,27H,11H2,1-2H3/t22-/m1/s1. The molecule has 7 nitrogen and oxygen atoms in total. The van der Waals surface area contributed by atoms with Gasteiger partial charge in [0.2, 0.25) is 0 Å². The highest BCUT2D eigenvalue weighted by molar-refractivity contribution is 8.03. The minimum Gasteiger partial charge on any atom is -0.353 e. The number of halogens is 2. The molecule has 2 aromatic carbocycles. The number of allylic oxidation sites excluding steroid dienone is 3. The number of dihydropyridines is 1. The van der Waals surface area contributed by atoms with Crippen LogP contribution in [0.3, 0.4) is 0 Å². The molecule has 0 saturated carbocycles. The Morgan fingerprint density at radius 3 is 2.55 bits per heavy atom. The second-order valence-corrected chi connectivity index (χ2v) is 9.00. The molecule has 10 heteroatoms. The van der Waals surface area contributed by atoms with Gasteiger partial charge in [0.25, 0.3) is 5.69 Å². The topological polar surface area (TPSA) is 113 Å². The molecule has 1 aliphatic rings. The van der Waals surface area contributed by atoms with E-state index in [4.69, 9.17) is 23.2 Å². The third-order valence-corrected chi connectivity index (χ3v) is 6.79. The van der Waals surface area contributed by atoms with E-state index < -0.39 is 10.8 Å². The van der Waals surface area contributed by atoms with Crippen molar-refractivity contribution in [2.24, 2.45) is 0 Å². The SMILES string of the molecule is CC(=O)C1=C(C)NC(SCC(=O)c2ccc(Cl)c(Cl)c2)=C(C#N)[C@H]1c1cccc([N+](=O)[O-])c1. The lowest BCUT2D eigenvalue weighted by molar-refractivity contribution is -0.384. The van der Waals surface area contributed by atoms with Gasteiger partial charge in [-0.1, -0.05) is 47.1 Å². The first-order valence-corrected chi connectivity index (χ1v) is 11.4. The summed E-state index contributed by atoms with van der Waals surface area (Å²) in [6.45, 7) is 3.07. The van der Waals surface area contributed by atoms with Gasteiger partial charge in [0, 0.05) is 29.0 Å². The Balaban J connectivity index is 1.99. The summed E-state index contributed by atoms with van der Waals surface area (Å²) in [6.07, 6.45) is 0. The second kappa shape index (κ2) is 10.2. The third-order valence-electron chi connectivity index (χ3n) is 5.03. The van der Waals surface area contributed by atoms with Crippen molar-refractivity contribution >= 4 is 52.2 Å². The van der Waals surface area contributed by atoms with E-state index in [1.807, 2.05) is 0 Å². The van der Waals surface area contributed by atoms with E-state index in [1.165, 1.54) is 37.3 Å². The van der Waals surface area contributed by atoms with Crippen LogP contribution < -0.4 is 5.32 Å². The minimum atomic E-state index is -0.795. The van der Waals surface area contributed by atoms with Gasteiger partial charge in [0.15, 0.2) is 11.6 Å². The molecule has 1 N–H and O–H groups in total. The lowest BCUT2D eigenvalue weighted by atomic mass is 9.81. The number of nitro benzene ring substituents is 1. The van der Waals surface area contributed by atoms with Crippen molar-refractivity contribution in [2.75, 3.05) is 5.75 Å². The van der Waals surface area contributed by atoms with Crippen LogP contribution in [0, 0.1) is 21.4 Å². The fourth-order valence-corrected chi connectivity index (χ4v) is 4.82. The second-order valence-electron chi connectivity index (χ2n) is 7.20. The molecule has 0 fully saturated rings. The lowest BCUT2D eigenvalue weighted by Gasteiger charge is -2.29. The van der Waals surface area contributed by atoms with Gasteiger partial charge in [0.05, 0.1) is 43.3 Å². The quantitative estimate of drug-likeness (QED) is 0.289. The predicted octanol–water partition coefficient (Wildman–Crippen LogP) is 5.80. The Morgan fingerprint density at radius 1 is 1.21 bits per heavy atom. The number of nitriles is 1. The molecule has 3 rings (SSSR count). The van der Waals surface area contributed by atoms with Gasteiger partial charge in [-0.05, 0) is 37.6 Å². The number of ketones is 2. The number of nitrogens with zero attached hydrogens (tertiary/aromatic N) is 2. The summed E-state index contributed by atoms with van der Waals surface area (Å²) in [4.78, 5) is 35.9. The smallest absolute Gasteiger partial charge is 0.269 e. The van der Waals surface area contributed by atoms with Gasteiger partial charge >= 0.3 is 0 Å². The van der Waals surface area contributed by atoms with E-state index in [0.717, 1.165) is 11.8 Å². The lowest BCUT2D eigenvalue weighted by Crippen LogP contribution is -2.27. The maximum atomic E-state index is 12.7. The van der Waals surface area contributed by atoms with E-state index >= 15 is 0 Å². The number of non-ortho nitro benzene ring substituents is 1. The fourth-order valence-electron chi connectivity index (χ4n) is 3.54. The van der Waals surface area contributed by atoms with Crippen LogP contribution in [0.4, 0.5) is 5.69 Å². The molecule has 33 heavy (non-hydrogen) atoms. The van der Waals surface area contributed by atoms with Crippen molar-refractivity contribution in [2.45, 2.75) is 19.8 Å². The number of hydrogen-bond acceptors (Lipinski definition) is 7. The van der Waals surface area contributed by atoms with E-state index in [9.17, 15) is 25.0 Å². The van der Waals surface area contributed by atoms with Crippen LogP contribution in [0.1, 0.15) is 35.7 Å². The Morgan fingerprint density at radius 2 is 1.94 bits per heavy atom. The van der Waals surface area contributed by atoms with Crippen LogP contribution in [0.2, 0.25) is 10.0 Å². The van der Waals surface area contributed by atoms with Gasteiger partial charge in [-0.15, -0.1) is 0 Å². The number of hydrogen-bond donors (Lipinski definition) is 1. The molecule has 0 amide bonds. The Labute approximate surface area is 204 Å². The van der Waals surface area contributed by atoms with Crippen molar-refractivity contribution < 1.29 is 14.5 Å². The van der Waals surface area contributed by atoms with Crippen LogP contribution in [0.25, 0.3) is 0 Å². The van der Waals surface area contributed by atoms with Crippen molar-refractivity contribution in [1.82, 2.24) is 5.32 Å². The molecule has 0 saturated heterocycles. The summed E-state index contributed by atoms with van der Waals surface area (Å²) in [6, 6.07) is 12.6. The molecule has 0 radical (unpaired) electrons. The zero-order chi connectivity index (χ0) is 24.3. The zero-order valence-corrected chi connectivity index (χ0v) is 19.8. The Bertz CT molecular complexity index is 1280. The molecule has 2 aromatic rings. The number of carbonyl (C=O) groups excluding carboxylic acids is 2. The summed E-state index contributed by atoms with van der Waals surface area (Å²) in [5.41, 5.74) is 1.74. The third kappa shape index (κ3) is 5.28. The highest BCUT2D eigenvalue weighted by Gasteiger charge is 2.34. The summed E-state index contributed by atoms with van der Waals surface area (Å²) >= 11 is 13.0. The number of carbonyl (C=O) groups is 2. The molecule has 168 valence electrons. The Kier molecular flexibility index (Phi) is 7.59. The van der Waals surface area contributed by atoms with Crippen molar-refractivity contribution in [3.05, 3.63) is 95.6 Å². The number of Topliss-reactive ketones (excluding diaryl/α,β-unsaturated/α-hetero) is 2. The minimum absolute atomic E-state index is 0.00415. The van der Waals surface area contributed by atoms with Crippen molar-refractivity contribution in [3.8, 4) is 6.07 Å². The molecule has 1 heterocycles. The van der Waals surface area contributed by atoms with Crippen LogP contribution in [0.5, 0.6) is 0 Å². The summed E-state index contributed by atoms with van der Waals surface area (Å²) in [5.74, 6) is -1.29. The van der Waals surface area contributed by atoms with Gasteiger partial charge in [-0.25, -0.2) is 0 Å². The average Bonchev–Trinajstić information content (AvgIpc) is 2.78. The van der Waals surface area contributed by atoms with E-state index in [-0.39, 0.29) is 33.6 Å². The van der Waals surface area contributed by atoms with Gasteiger partial charge < -0.3 is 5.32 Å². The van der Waals surface area contributed by atoms with Gasteiger partial charge in [-0.2, -0.15) is 5.26 Å². The summed E-state index contributed by atoms with van der Waals surface area (Å²) in [5, 5.41) is 25.3. The molecule has 0 aliphatic carbocycles. The summed E-state index contributed by atoms with van der Waals surface area (Å²) in [7, 11) is 0. The van der Waals surface area contributed by atoms with E-state index in [0.29, 0.717) is 32.4 Å². The number of benzene rings is 2. The van der Waals surface area contributed by atoms with Crippen molar-refractivity contribution in [1.29, 1.82) is 5.26 Å². The average molecular weight is 502 g/mol. The first-order chi connectivity index (χ1) is 15.6. The number of nitrogens with one attached hydrogen (secondary N) is 1. The highest BCUT2D eigenvalue weighted by atomic mass is 35.5. The molecule has 0 unspecified atom stereocenters. The monoisotopic (exact) mass is 501 g/mol. The van der Waals surface area contributed by atoms with Crippen molar-refractivity contribution in [3.63, 3.8) is 0 Å². The van der Waals surface area contributed by atoms with Crippen LogP contribution in [-0.4, -0.2) is 22.2 Å². The number of thioether (sulfide) groups is 1. The fraction of sp³-hybridized carbons (Fsp3) is 0.174. The summed E-state index contributed by atoms with van der Waals surface area (Å²) < 4.78 is 0. The molecule has 1 atom stereocenters. The van der Waals surface area contributed by atoms with Crippen LogP contribution >= 0.6 is 35.0 Å². The molecule has 1 aliphatic heterocycles. The van der Waals surface area contributed by atoms with Gasteiger partial charge in [-0.3, -0.25) is 19.7 Å². The van der Waals surface area contributed by atoms with Crippen LogP contribution in [-0.2, 0) is 4.79 Å². The van der Waals surface area contributed by atoms with Crippen LogP contribution in [0.15, 0.2) is 64.3 Å². The molecule has 0 spiro atoms. The molecular formula is C23H17Cl2N3O4S. The highest BCUT2D eigenvalue weighted by Crippen LogP contribution is 2.41. The van der Waals surface area contributed by atoms with E-state index in [2.05, 4.69) is 11.4 Å². The maximum absolute atomic E-state index is 12.7. The largest absolute Gasteiger partial charge is 0.353 e. The molecule has 0 aromatic heterocycles. The maximum Gasteiger partial charge on any atom is 0.269 e. The Hall–Kier alpha value is -3.12. The zero-order valence-electron chi connectivity index (χ0n) is 17.5. The molecule has 0 bridgehead atoms. The number of nitro groups is 1.